The van der Waals surface area contributed by atoms with Gasteiger partial charge in [-0.25, -0.2) is 22.8 Å². The topological polar surface area (TPSA) is 140 Å². The summed E-state index contributed by atoms with van der Waals surface area (Å²) in [6, 6.07) is -0.416. The third kappa shape index (κ3) is 6.73. The summed E-state index contributed by atoms with van der Waals surface area (Å²) in [5.41, 5.74) is 0. The Bertz CT molecular complexity index is 1080. The lowest BCUT2D eigenvalue weighted by Gasteiger charge is -2.26. The second-order valence-corrected chi connectivity index (χ2v) is 11.1. The van der Waals surface area contributed by atoms with Crippen molar-refractivity contribution in [2.24, 2.45) is 0 Å². The molecule has 0 aromatic carbocycles. The summed E-state index contributed by atoms with van der Waals surface area (Å²) >= 11 is 0. The second-order valence-electron chi connectivity index (χ2n) is 9.05. The summed E-state index contributed by atoms with van der Waals surface area (Å²) in [4.78, 5) is 7.89. The van der Waals surface area contributed by atoms with E-state index < -0.39 is 33.2 Å². The van der Waals surface area contributed by atoms with Crippen LogP contribution in [0.25, 0.3) is 0 Å². The van der Waals surface area contributed by atoms with Crippen LogP contribution in [0.1, 0.15) is 70.4 Å². The van der Waals surface area contributed by atoms with Crippen LogP contribution in [0.4, 0.5) is 10.3 Å². The molecule has 1 N–H and O–H groups in total. The molecule has 202 valence electrons. The zero-order valence-electron chi connectivity index (χ0n) is 21.4. The SMILES string of the molecule is COCC(COC)n1c(NS(=O)(=O)[C@@H](C)[C@@H](OC(C)C)c2ncc(F)cn2)nnc1[C@@H]1CC[C@H](C)O1. The molecule has 0 radical (unpaired) electrons. The van der Waals surface area contributed by atoms with Crippen LogP contribution in [0, 0.1) is 5.82 Å². The van der Waals surface area contributed by atoms with Crippen molar-refractivity contribution in [2.45, 2.75) is 76.2 Å². The van der Waals surface area contributed by atoms with E-state index in [1.165, 1.54) is 6.92 Å². The molecule has 0 aliphatic carbocycles. The fourth-order valence-corrected chi connectivity index (χ4v) is 5.14. The number of hydrogen-bond donors (Lipinski definition) is 1. The van der Waals surface area contributed by atoms with Crippen LogP contribution in [0.5, 0.6) is 0 Å². The van der Waals surface area contributed by atoms with Gasteiger partial charge in [0.15, 0.2) is 17.5 Å². The first-order valence-electron chi connectivity index (χ1n) is 11.8. The smallest absolute Gasteiger partial charge is 0.240 e. The first-order valence-corrected chi connectivity index (χ1v) is 13.3. The Balaban J connectivity index is 1.97. The summed E-state index contributed by atoms with van der Waals surface area (Å²) in [7, 11) is -1.03. The highest BCUT2D eigenvalue weighted by molar-refractivity contribution is 7.93. The van der Waals surface area contributed by atoms with E-state index in [0.29, 0.717) is 5.82 Å². The molecule has 1 saturated heterocycles. The Labute approximate surface area is 211 Å². The van der Waals surface area contributed by atoms with Gasteiger partial charge in [0.05, 0.1) is 43.9 Å². The van der Waals surface area contributed by atoms with Crippen molar-refractivity contribution in [3.05, 3.63) is 29.9 Å². The molecule has 0 unspecified atom stereocenters. The quantitative estimate of drug-likeness (QED) is 0.411. The van der Waals surface area contributed by atoms with E-state index in [1.54, 1.807) is 32.6 Å². The average Bonchev–Trinajstić information content (AvgIpc) is 3.43. The van der Waals surface area contributed by atoms with E-state index in [-0.39, 0.29) is 43.3 Å². The van der Waals surface area contributed by atoms with Crippen molar-refractivity contribution in [3.8, 4) is 0 Å². The molecular weight excluding hydrogens is 495 g/mol. The summed E-state index contributed by atoms with van der Waals surface area (Å²) < 4.78 is 67.2. The molecule has 1 fully saturated rings. The van der Waals surface area contributed by atoms with Crippen molar-refractivity contribution in [1.82, 2.24) is 24.7 Å². The van der Waals surface area contributed by atoms with Gasteiger partial charge in [0.2, 0.25) is 16.0 Å². The predicted molar refractivity (Wildman–Crippen MR) is 128 cm³/mol. The van der Waals surface area contributed by atoms with E-state index in [4.69, 9.17) is 18.9 Å². The summed E-state index contributed by atoms with van der Waals surface area (Å²) in [5.74, 6) is -0.0970. The third-order valence-electron chi connectivity index (χ3n) is 5.79. The molecule has 36 heavy (non-hydrogen) atoms. The van der Waals surface area contributed by atoms with Crippen molar-refractivity contribution in [1.29, 1.82) is 0 Å². The van der Waals surface area contributed by atoms with E-state index in [9.17, 15) is 12.8 Å². The van der Waals surface area contributed by atoms with Crippen molar-refractivity contribution in [2.75, 3.05) is 32.2 Å². The monoisotopic (exact) mass is 530 g/mol. The van der Waals surface area contributed by atoms with Crippen LogP contribution in [0.2, 0.25) is 0 Å². The lowest BCUT2D eigenvalue weighted by molar-refractivity contribution is 0.00143. The number of nitrogens with zero attached hydrogens (tertiary/aromatic N) is 5. The fraction of sp³-hybridized carbons (Fsp3) is 0.727. The molecule has 4 atom stereocenters. The Kier molecular flexibility index (Phi) is 9.69. The van der Waals surface area contributed by atoms with Gasteiger partial charge in [0, 0.05) is 14.2 Å². The molecule has 2 aromatic heterocycles. The molecule has 3 rings (SSSR count). The molecule has 1 aliphatic rings. The number of methoxy groups -OCH3 is 2. The van der Waals surface area contributed by atoms with Crippen molar-refractivity contribution >= 4 is 16.0 Å². The Morgan fingerprint density at radius 1 is 1.14 bits per heavy atom. The van der Waals surface area contributed by atoms with Crippen LogP contribution >= 0.6 is 0 Å². The van der Waals surface area contributed by atoms with Crippen molar-refractivity contribution < 1.29 is 31.8 Å². The first-order chi connectivity index (χ1) is 17.1. The first kappa shape index (κ1) is 28.3. The zero-order valence-corrected chi connectivity index (χ0v) is 22.2. The Morgan fingerprint density at radius 2 is 1.78 bits per heavy atom. The Hall–Kier alpha value is -2.26. The normalized spacial score (nSPS) is 20.2. The lowest BCUT2D eigenvalue weighted by atomic mass is 10.2. The maximum atomic E-state index is 13.5. The zero-order chi connectivity index (χ0) is 26.5. The standard InChI is InChI=1S/C22H35FN6O6S/c1-13(2)34-19(20-24-9-16(23)10-25-20)15(4)36(30,31)28-22-27-26-21(18-8-7-14(3)35-18)29(22)17(11-32-5)12-33-6/h9-10,13-15,17-19H,7-8,11-12H2,1-6H3,(H,27,28)/t14-,15-,18-,19+/m0/s1. The minimum Gasteiger partial charge on any atom is -0.382 e. The predicted octanol–water partition coefficient (Wildman–Crippen LogP) is 2.58. The molecule has 12 nitrogen and oxygen atoms in total. The maximum Gasteiger partial charge on any atom is 0.240 e. The number of anilines is 1. The molecular formula is C22H35FN6O6S. The van der Waals surface area contributed by atoms with Gasteiger partial charge in [-0.15, -0.1) is 10.2 Å². The van der Waals surface area contributed by atoms with Crippen LogP contribution in [-0.2, 0) is 29.0 Å². The number of ether oxygens (including phenoxy) is 4. The van der Waals surface area contributed by atoms with E-state index >= 15 is 0 Å². The fourth-order valence-electron chi connectivity index (χ4n) is 4.05. The van der Waals surface area contributed by atoms with Gasteiger partial charge in [0.1, 0.15) is 17.5 Å². The lowest BCUT2D eigenvalue weighted by Crippen LogP contribution is -2.35. The highest BCUT2D eigenvalue weighted by atomic mass is 32.2. The molecule has 0 saturated carbocycles. The van der Waals surface area contributed by atoms with Crippen LogP contribution in [-0.4, -0.2) is 78.0 Å². The molecule has 0 amide bonds. The van der Waals surface area contributed by atoms with Gasteiger partial charge in [-0.05, 0) is 40.5 Å². The van der Waals surface area contributed by atoms with Gasteiger partial charge in [-0.1, -0.05) is 0 Å². The maximum absolute atomic E-state index is 13.5. The van der Waals surface area contributed by atoms with Crippen LogP contribution in [0.3, 0.4) is 0 Å². The van der Waals surface area contributed by atoms with Gasteiger partial charge in [-0.3, -0.25) is 9.29 Å². The molecule has 0 bridgehead atoms. The van der Waals surface area contributed by atoms with Gasteiger partial charge in [0.25, 0.3) is 0 Å². The molecule has 3 heterocycles. The largest absolute Gasteiger partial charge is 0.382 e. The van der Waals surface area contributed by atoms with Crippen molar-refractivity contribution in [3.63, 3.8) is 0 Å². The number of rotatable bonds is 13. The van der Waals surface area contributed by atoms with Gasteiger partial charge in [-0.2, -0.15) is 0 Å². The average molecular weight is 531 g/mol. The molecule has 2 aromatic rings. The number of halogens is 1. The second kappa shape index (κ2) is 12.3. The van der Waals surface area contributed by atoms with Gasteiger partial charge >= 0.3 is 0 Å². The Morgan fingerprint density at radius 3 is 2.31 bits per heavy atom. The highest BCUT2D eigenvalue weighted by Crippen LogP contribution is 2.35. The number of aromatic nitrogens is 5. The van der Waals surface area contributed by atoms with Crippen LogP contribution in [0.15, 0.2) is 12.4 Å². The molecule has 14 heteroatoms. The summed E-state index contributed by atoms with van der Waals surface area (Å²) in [6.07, 6.45) is 1.81. The van der Waals surface area contributed by atoms with E-state index in [1.807, 2.05) is 6.92 Å². The third-order valence-corrected chi connectivity index (χ3v) is 7.48. The minimum atomic E-state index is -4.12. The number of hydrogen-bond acceptors (Lipinski definition) is 10. The minimum absolute atomic E-state index is 0.00224. The van der Waals surface area contributed by atoms with Gasteiger partial charge < -0.3 is 18.9 Å². The molecule has 1 aliphatic heterocycles. The molecule has 0 spiro atoms. The van der Waals surface area contributed by atoms with Crippen LogP contribution < -0.4 is 4.72 Å². The highest BCUT2D eigenvalue weighted by Gasteiger charge is 2.37. The summed E-state index contributed by atoms with van der Waals surface area (Å²) in [5, 5.41) is 7.27. The van der Waals surface area contributed by atoms with E-state index in [2.05, 4.69) is 24.9 Å². The number of sulfonamides is 1. The van der Waals surface area contributed by atoms with E-state index in [0.717, 1.165) is 25.2 Å². The number of nitrogens with one attached hydrogen (secondary N) is 1. The summed E-state index contributed by atoms with van der Waals surface area (Å²) in [6.45, 7) is 7.42.